The second kappa shape index (κ2) is 14.4. The number of cyclic esters (lactones) is 1. The predicted molar refractivity (Wildman–Crippen MR) is 149 cm³/mol. The van der Waals surface area contributed by atoms with Crippen molar-refractivity contribution in [3.8, 4) is 0 Å². The SMILES string of the molecule is CC[C@@H]1OC(=O)[C@H](C)[C@H](O)C(C)[C@H](O[C@@H]2OC(C)C[C@H](N(C)C)C2O)[C@@](C)(O)CC(C)CN[C@H](C)C(O)C1C. The molecule has 5 N–H and O–H groups in total. The Bertz CT molecular complexity index is 768. The van der Waals surface area contributed by atoms with Crippen molar-refractivity contribution in [2.45, 2.75) is 135 Å². The van der Waals surface area contributed by atoms with Gasteiger partial charge in [-0.1, -0.05) is 27.7 Å². The average Bonchev–Trinajstić information content (AvgIpc) is 2.87. The number of hydrogen-bond acceptors (Lipinski definition) is 10. The van der Waals surface area contributed by atoms with Gasteiger partial charge in [0.2, 0.25) is 0 Å². The summed E-state index contributed by atoms with van der Waals surface area (Å²) in [5.74, 6) is -2.53. The van der Waals surface area contributed by atoms with E-state index in [1.807, 2.05) is 53.6 Å². The molecule has 230 valence electrons. The Balaban J connectivity index is 2.44. The molecule has 0 radical (unpaired) electrons. The maximum absolute atomic E-state index is 13.2. The molecule has 39 heavy (non-hydrogen) atoms. The van der Waals surface area contributed by atoms with Crippen molar-refractivity contribution in [2.75, 3.05) is 20.6 Å². The molecule has 0 saturated carbocycles. The monoisotopic (exact) mass is 560 g/mol. The molecule has 0 aromatic heterocycles. The highest BCUT2D eigenvalue weighted by Gasteiger charge is 2.48. The number of ether oxygens (including phenoxy) is 3. The lowest BCUT2D eigenvalue weighted by Crippen LogP contribution is -2.59. The third-order valence-corrected chi connectivity index (χ3v) is 8.93. The first-order valence-corrected chi connectivity index (χ1v) is 14.7. The molecule has 14 atom stereocenters. The zero-order valence-corrected chi connectivity index (χ0v) is 25.7. The van der Waals surface area contributed by atoms with E-state index >= 15 is 0 Å². The van der Waals surface area contributed by atoms with Gasteiger partial charge in [-0.25, -0.2) is 0 Å². The Hall–Kier alpha value is -0.850. The maximum Gasteiger partial charge on any atom is 0.311 e. The molecule has 0 amide bonds. The lowest BCUT2D eigenvalue weighted by molar-refractivity contribution is -0.299. The molecule has 10 heteroatoms. The number of hydrogen-bond donors (Lipinski definition) is 5. The van der Waals surface area contributed by atoms with E-state index in [4.69, 9.17) is 14.2 Å². The average molecular weight is 561 g/mol. The van der Waals surface area contributed by atoms with Crippen molar-refractivity contribution in [2.24, 2.45) is 23.7 Å². The van der Waals surface area contributed by atoms with Crippen LogP contribution in [0.3, 0.4) is 0 Å². The summed E-state index contributed by atoms with van der Waals surface area (Å²) in [5.41, 5.74) is -1.44. The zero-order chi connectivity index (χ0) is 29.8. The summed E-state index contributed by atoms with van der Waals surface area (Å²) in [5, 5.41) is 48.7. The molecule has 0 bridgehead atoms. The predicted octanol–water partition coefficient (Wildman–Crippen LogP) is 1.52. The van der Waals surface area contributed by atoms with E-state index in [0.717, 1.165) is 0 Å². The summed E-state index contributed by atoms with van der Waals surface area (Å²) in [6, 6.07) is -0.474. The first-order valence-electron chi connectivity index (χ1n) is 14.7. The van der Waals surface area contributed by atoms with E-state index in [2.05, 4.69) is 5.32 Å². The maximum atomic E-state index is 13.2. The third kappa shape index (κ3) is 8.58. The van der Waals surface area contributed by atoms with Crippen LogP contribution in [0.1, 0.15) is 74.7 Å². The first kappa shape index (κ1) is 34.4. The fourth-order valence-corrected chi connectivity index (χ4v) is 6.31. The number of nitrogens with zero attached hydrogens (tertiary/aromatic N) is 1. The Kier molecular flexibility index (Phi) is 12.6. The van der Waals surface area contributed by atoms with Crippen LogP contribution in [0.2, 0.25) is 0 Å². The number of esters is 1. The first-order chi connectivity index (χ1) is 18.0. The molecule has 0 aromatic rings. The smallest absolute Gasteiger partial charge is 0.311 e. The van der Waals surface area contributed by atoms with Gasteiger partial charge in [-0.15, -0.1) is 0 Å². The molecule has 0 aliphatic carbocycles. The second-order valence-corrected chi connectivity index (χ2v) is 12.9. The van der Waals surface area contributed by atoms with Crippen LogP contribution < -0.4 is 5.32 Å². The Morgan fingerprint density at radius 2 is 1.64 bits per heavy atom. The summed E-state index contributed by atoms with van der Waals surface area (Å²) in [6.07, 6.45) is -4.16. The topological polar surface area (TPSA) is 141 Å². The number of rotatable bonds is 4. The third-order valence-electron chi connectivity index (χ3n) is 8.93. The summed E-state index contributed by atoms with van der Waals surface area (Å²) in [7, 11) is 3.78. The van der Waals surface area contributed by atoms with Crippen LogP contribution in [0.15, 0.2) is 0 Å². The molecule has 2 fully saturated rings. The van der Waals surface area contributed by atoms with Gasteiger partial charge in [0.1, 0.15) is 12.2 Å². The Labute approximate surface area is 235 Å². The van der Waals surface area contributed by atoms with Crippen molar-refractivity contribution >= 4 is 5.97 Å². The number of carbonyl (C=O) groups excluding carboxylic acids is 1. The summed E-state index contributed by atoms with van der Waals surface area (Å²) >= 11 is 0. The van der Waals surface area contributed by atoms with Crippen LogP contribution in [0.5, 0.6) is 0 Å². The second-order valence-electron chi connectivity index (χ2n) is 12.9. The van der Waals surface area contributed by atoms with E-state index in [1.54, 1.807) is 20.8 Å². The summed E-state index contributed by atoms with van der Waals surface area (Å²) in [4.78, 5) is 15.1. The van der Waals surface area contributed by atoms with Gasteiger partial charge < -0.3 is 44.9 Å². The van der Waals surface area contributed by atoms with Crippen molar-refractivity contribution < 1.29 is 39.4 Å². The highest BCUT2D eigenvalue weighted by atomic mass is 16.7. The zero-order valence-electron chi connectivity index (χ0n) is 25.7. The standard InChI is InChI=1S/C29H56N2O8/c1-11-22-17(4)24(33)20(7)30-14-15(2)13-29(8,36)26(18(5)23(32)19(6)27(35)38-22)39-28-25(34)21(31(9)10)12-16(3)37-28/h15-26,28,30,32-34,36H,11-14H2,1-10H3/t15?,16?,17?,18?,19-,20-,21+,22+,23-,24?,25?,26+,28+,29+/m1/s1. The number of aliphatic hydroxyl groups is 4. The molecule has 2 aliphatic rings. The molecule has 0 spiro atoms. The number of aliphatic hydroxyl groups excluding tert-OH is 3. The van der Waals surface area contributed by atoms with Gasteiger partial charge in [0.25, 0.3) is 0 Å². The van der Waals surface area contributed by atoms with Gasteiger partial charge in [-0.2, -0.15) is 0 Å². The lowest BCUT2D eigenvalue weighted by atomic mass is 9.78. The molecule has 2 aliphatic heterocycles. The van der Waals surface area contributed by atoms with Crippen molar-refractivity contribution in [3.05, 3.63) is 0 Å². The molecular weight excluding hydrogens is 504 g/mol. The summed E-state index contributed by atoms with van der Waals surface area (Å²) in [6.45, 7) is 15.1. The highest BCUT2D eigenvalue weighted by Crippen LogP contribution is 2.35. The largest absolute Gasteiger partial charge is 0.462 e. The van der Waals surface area contributed by atoms with Crippen LogP contribution >= 0.6 is 0 Å². The fraction of sp³-hybridized carbons (Fsp3) is 0.966. The number of likely N-dealkylation sites (N-methyl/N-ethyl adjacent to an activating group) is 1. The Morgan fingerprint density at radius 3 is 2.21 bits per heavy atom. The fourth-order valence-electron chi connectivity index (χ4n) is 6.31. The van der Waals surface area contributed by atoms with E-state index in [9.17, 15) is 25.2 Å². The Morgan fingerprint density at radius 1 is 1.03 bits per heavy atom. The van der Waals surface area contributed by atoms with E-state index in [0.29, 0.717) is 25.8 Å². The minimum absolute atomic E-state index is 0.0200. The highest BCUT2D eigenvalue weighted by molar-refractivity contribution is 5.73. The van der Waals surface area contributed by atoms with Crippen molar-refractivity contribution in [1.29, 1.82) is 0 Å². The molecule has 2 saturated heterocycles. The summed E-state index contributed by atoms with van der Waals surface area (Å²) < 4.78 is 18.2. The van der Waals surface area contributed by atoms with Gasteiger partial charge in [-0.05, 0) is 73.5 Å². The molecule has 2 heterocycles. The van der Waals surface area contributed by atoms with Crippen molar-refractivity contribution in [1.82, 2.24) is 10.2 Å². The van der Waals surface area contributed by atoms with Gasteiger partial charge in [0.05, 0.1) is 35.9 Å². The molecule has 6 unspecified atom stereocenters. The molecular formula is C29H56N2O8. The lowest BCUT2D eigenvalue weighted by Gasteiger charge is -2.46. The van der Waals surface area contributed by atoms with E-state index < -0.39 is 60.2 Å². The van der Waals surface area contributed by atoms with Gasteiger partial charge in [0, 0.05) is 23.9 Å². The van der Waals surface area contributed by atoms with Gasteiger partial charge in [0.15, 0.2) is 6.29 Å². The van der Waals surface area contributed by atoms with Crippen molar-refractivity contribution in [3.63, 3.8) is 0 Å². The van der Waals surface area contributed by atoms with E-state index in [-0.39, 0.29) is 30.0 Å². The van der Waals surface area contributed by atoms with Crippen LogP contribution in [-0.4, -0.2) is 113 Å². The quantitative estimate of drug-likeness (QED) is 0.321. The number of nitrogens with one attached hydrogen (secondary N) is 1. The van der Waals surface area contributed by atoms with Crippen LogP contribution in [0, 0.1) is 23.7 Å². The van der Waals surface area contributed by atoms with Crippen LogP contribution in [0.4, 0.5) is 0 Å². The minimum Gasteiger partial charge on any atom is -0.462 e. The number of carbonyl (C=O) groups is 1. The molecule has 10 nitrogen and oxygen atoms in total. The normalized spacial score (nSPS) is 47.8. The molecule has 0 aromatic carbocycles. The van der Waals surface area contributed by atoms with Crippen LogP contribution in [-0.2, 0) is 19.0 Å². The van der Waals surface area contributed by atoms with Gasteiger partial charge >= 0.3 is 5.97 Å². The minimum atomic E-state index is -1.44. The van der Waals surface area contributed by atoms with Gasteiger partial charge in [-0.3, -0.25) is 4.79 Å². The van der Waals surface area contributed by atoms with Crippen LogP contribution in [0.25, 0.3) is 0 Å². The molecule has 2 rings (SSSR count). The van der Waals surface area contributed by atoms with E-state index in [1.165, 1.54) is 0 Å².